The molecule has 0 spiro atoms. The lowest BCUT2D eigenvalue weighted by Crippen LogP contribution is -1.77. The van der Waals surface area contributed by atoms with E-state index in [2.05, 4.69) is 21.5 Å². The monoisotopic (exact) mass is 185 g/mol. The molecular formula is C10H5N2S. The van der Waals surface area contributed by atoms with Crippen LogP contribution < -0.4 is 0 Å². The molecule has 61 valence electrons. The largest absolute Gasteiger partial charge is 0.254 e. The predicted molar refractivity (Wildman–Crippen MR) is 53.8 cm³/mol. The molecular weight excluding hydrogens is 180 g/mol. The quantitative estimate of drug-likeness (QED) is 0.538. The summed E-state index contributed by atoms with van der Waals surface area (Å²) in [7, 11) is 0. The van der Waals surface area contributed by atoms with Crippen molar-refractivity contribution in [2.45, 2.75) is 0 Å². The van der Waals surface area contributed by atoms with Crippen LogP contribution in [0.5, 0.6) is 0 Å². The number of pyridine rings is 1. The normalized spacial score (nSPS) is 11.1. The summed E-state index contributed by atoms with van der Waals surface area (Å²) in [6.07, 6.45) is 1.80. The summed E-state index contributed by atoms with van der Waals surface area (Å²) in [5.41, 5.74) is 4.84. The summed E-state index contributed by atoms with van der Waals surface area (Å²) in [6, 6.07) is 8.08. The second kappa shape index (κ2) is 2.50. The lowest BCUT2D eigenvalue weighted by Gasteiger charge is -1.95. The van der Waals surface area contributed by atoms with Crippen molar-refractivity contribution in [3.8, 4) is 0 Å². The Morgan fingerprint density at radius 2 is 2.08 bits per heavy atom. The minimum Gasteiger partial charge on any atom is -0.254 e. The highest BCUT2D eigenvalue weighted by atomic mass is 32.1. The first-order valence-corrected chi connectivity index (χ1v) is 4.77. The number of aromatic nitrogens is 2. The lowest BCUT2D eigenvalue weighted by atomic mass is 10.2. The zero-order valence-electron chi connectivity index (χ0n) is 6.69. The van der Waals surface area contributed by atoms with E-state index in [1.54, 1.807) is 17.5 Å². The van der Waals surface area contributed by atoms with Gasteiger partial charge in [0, 0.05) is 5.39 Å². The van der Waals surface area contributed by atoms with E-state index < -0.39 is 0 Å². The van der Waals surface area contributed by atoms with E-state index in [4.69, 9.17) is 0 Å². The van der Waals surface area contributed by atoms with Crippen LogP contribution in [0.4, 0.5) is 0 Å². The number of hydrogen-bond acceptors (Lipinski definition) is 3. The molecule has 2 aromatic heterocycles. The minimum atomic E-state index is 0.934. The molecule has 0 saturated heterocycles. The van der Waals surface area contributed by atoms with Crippen molar-refractivity contribution in [1.29, 1.82) is 0 Å². The Morgan fingerprint density at radius 1 is 1.15 bits per heavy atom. The third kappa shape index (κ3) is 0.939. The number of rotatable bonds is 0. The van der Waals surface area contributed by atoms with Gasteiger partial charge in [0.05, 0.1) is 16.4 Å². The zero-order chi connectivity index (χ0) is 8.67. The molecule has 1 aromatic carbocycles. The Kier molecular flexibility index (Phi) is 1.34. The van der Waals surface area contributed by atoms with Crippen LogP contribution in [0.15, 0.2) is 30.5 Å². The fourth-order valence-electron chi connectivity index (χ4n) is 1.41. The zero-order valence-corrected chi connectivity index (χ0v) is 7.51. The lowest BCUT2D eigenvalue weighted by molar-refractivity contribution is 1.39. The molecule has 2 heterocycles. The molecule has 3 aromatic rings. The van der Waals surface area contributed by atoms with Gasteiger partial charge in [-0.15, -0.1) is 11.3 Å². The van der Waals surface area contributed by atoms with Gasteiger partial charge >= 0.3 is 0 Å². The van der Waals surface area contributed by atoms with Gasteiger partial charge in [-0.2, -0.15) is 0 Å². The van der Waals surface area contributed by atoms with Gasteiger partial charge in [0.15, 0.2) is 5.51 Å². The molecule has 0 aliphatic rings. The first-order chi connectivity index (χ1) is 6.45. The summed E-state index contributed by atoms with van der Waals surface area (Å²) < 4.78 is 1.17. The Hall–Kier alpha value is -1.48. The maximum absolute atomic E-state index is 4.31. The van der Waals surface area contributed by atoms with Crippen LogP contribution in [-0.2, 0) is 0 Å². The van der Waals surface area contributed by atoms with Crippen LogP contribution in [0, 0.1) is 5.51 Å². The molecule has 0 fully saturated rings. The topological polar surface area (TPSA) is 25.8 Å². The van der Waals surface area contributed by atoms with Crippen molar-refractivity contribution in [3.05, 3.63) is 36.0 Å². The highest BCUT2D eigenvalue weighted by molar-refractivity contribution is 7.17. The fraction of sp³-hybridized carbons (Fsp3) is 0. The summed E-state index contributed by atoms with van der Waals surface area (Å²) >= 11 is 1.54. The van der Waals surface area contributed by atoms with E-state index >= 15 is 0 Å². The van der Waals surface area contributed by atoms with Crippen molar-refractivity contribution in [1.82, 2.24) is 9.97 Å². The molecule has 3 rings (SSSR count). The second-order valence-electron chi connectivity index (χ2n) is 2.79. The molecule has 0 amide bonds. The number of para-hydroxylation sites is 1. The van der Waals surface area contributed by atoms with Crippen LogP contribution >= 0.6 is 11.3 Å². The number of thiazole rings is 1. The summed E-state index contributed by atoms with van der Waals surface area (Å²) in [6.45, 7) is 0. The SMILES string of the molecule is [c]1nc2cnc3ccccc3c2s1. The number of benzene rings is 1. The smallest absolute Gasteiger partial charge is 0.153 e. The average molecular weight is 185 g/mol. The standard InChI is InChI=1S/C10H5N2S/c1-2-4-8-7(3-1)10-9(5-11-8)12-6-13-10/h1-5H. The van der Waals surface area contributed by atoms with Gasteiger partial charge < -0.3 is 0 Å². The molecule has 0 aliphatic carbocycles. The van der Waals surface area contributed by atoms with E-state index in [1.807, 2.05) is 18.2 Å². The van der Waals surface area contributed by atoms with Gasteiger partial charge in [-0.3, -0.25) is 4.98 Å². The highest BCUT2D eigenvalue weighted by Crippen LogP contribution is 2.25. The minimum absolute atomic E-state index is 0.934. The van der Waals surface area contributed by atoms with E-state index in [9.17, 15) is 0 Å². The van der Waals surface area contributed by atoms with E-state index in [-0.39, 0.29) is 0 Å². The maximum atomic E-state index is 4.31. The fourth-order valence-corrected chi connectivity index (χ4v) is 2.13. The third-order valence-electron chi connectivity index (χ3n) is 2.02. The Balaban J connectivity index is 2.65. The van der Waals surface area contributed by atoms with Gasteiger partial charge in [0.2, 0.25) is 0 Å². The van der Waals surface area contributed by atoms with Crippen molar-refractivity contribution in [3.63, 3.8) is 0 Å². The van der Waals surface area contributed by atoms with Crippen molar-refractivity contribution < 1.29 is 0 Å². The summed E-state index contributed by atoms with van der Waals surface area (Å²) in [5, 5.41) is 1.17. The van der Waals surface area contributed by atoms with Gasteiger partial charge in [-0.25, -0.2) is 4.98 Å². The Labute approximate surface area is 78.9 Å². The van der Waals surface area contributed by atoms with Crippen molar-refractivity contribution in [2.24, 2.45) is 0 Å². The predicted octanol–water partition coefficient (Wildman–Crippen LogP) is 2.64. The Morgan fingerprint density at radius 3 is 3.08 bits per heavy atom. The van der Waals surface area contributed by atoms with Gasteiger partial charge in [-0.1, -0.05) is 18.2 Å². The average Bonchev–Trinajstić information content (AvgIpc) is 2.65. The van der Waals surface area contributed by atoms with Crippen LogP contribution in [0.25, 0.3) is 21.1 Å². The van der Waals surface area contributed by atoms with Crippen molar-refractivity contribution >= 4 is 32.5 Å². The first-order valence-electron chi connectivity index (χ1n) is 3.95. The molecule has 0 saturated carbocycles. The molecule has 2 nitrogen and oxygen atoms in total. The van der Waals surface area contributed by atoms with E-state index in [1.165, 1.54) is 10.1 Å². The van der Waals surface area contributed by atoms with Crippen LogP contribution in [0.1, 0.15) is 0 Å². The summed E-state index contributed by atoms with van der Waals surface area (Å²) in [4.78, 5) is 8.41. The Bertz CT molecular complexity index is 571. The molecule has 0 aliphatic heterocycles. The molecule has 3 heteroatoms. The molecule has 0 bridgehead atoms. The molecule has 1 radical (unpaired) electrons. The number of nitrogens with zero attached hydrogens (tertiary/aromatic N) is 2. The molecule has 0 unspecified atom stereocenters. The first kappa shape index (κ1) is 6.97. The number of hydrogen-bond donors (Lipinski definition) is 0. The molecule has 13 heavy (non-hydrogen) atoms. The second-order valence-corrected chi connectivity index (χ2v) is 3.59. The van der Waals surface area contributed by atoms with Gasteiger partial charge in [0.25, 0.3) is 0 Å². The van der Waals surface area contributed by atoms with Crippen LogP contribution in [0.2, 0.25) is 0 Å². The summed E-state index contributed by atoms with van der Waals surface area (Å²) in [5.74, 6) is 0. The van der Waals surface area contributed by atoms with Gasteiger partial charge in [-0.05, 0) is 6.07 Å². The maximum Gasteiger partial charge on any atom is 0.153 e. The third-order valence-corrected chi connectivity index (χ3v) is 2.84. The van der Waals surface area contributed by atoms with E-state index in [0.29, 0.717) is 0 Å². The van der Waals surface area contributed by atoms with Crippen molar-refractivity contribution in [2.75, 3.05) is 0 Å². The van der Waals surface area contributed by atoms with E-state index in [0.717, 1.165) is 11.0 Å². The van der Waals surface area contributed by atoms with Gasteiger partial charge in [0.1, 0.15) is 5.52 Å². The van der Waals surface area contributed by atoms with Crippen LogP contribution in [-0.4, -0.2) is 9.97 Å². The number of fused-ring (bicyclic) bond motifs is 3. The van der Waals surface area contributed by atoms with Crippen LogP contribution in [0.3, 0.4) is 0 Å². The molecule has 0 N–H and O–H groups in total. The molecule has 0 atom stereocenters. The highest BCUT2D eigenvalue weighted by Gasteiger charge is 2.02.